The molecule has 0 aromatic carbocycles. The first kappa shape index (κ1) is 20.9. The normalized spacial score (nSPS) is 20.4. The fraction of sp³-hybridized carbons (Fsp3) is 0.550. The van der Waals surface area contributed by atoms with Crippen LogP contribution in [0.1, 0.15) is 50.9 Å². The zero-order valence-corrected chi connectivity index (χ0v) is 17.1. The number of nitrogens with zero attached hydrogens (tertiary/aromatic N) is 4. The van der Waals surface area contributed by atoms with E-state index >= 15 is 0 Å². The van der Waals surface area contributed by atoms with Crippen LogP contribution in [0.3, 0.4) is 0 Å². The van der Waals surface area contributed by atoms with Crippen molar-refractivity contribution in [2.24, 2.45) is 11.3 Å². The number of nitriles is 1. The van der Waals surface area contributed by atoms with Crippen molar-refractivity contribution >= 4 is 11.8 Å². The van der Waals surface area contributed by atoms with E-state index in [9.17, 15) is 14.8 Å². The van der Waals surface area contributed by atoms with Crippen LogP contribution in [0.2, 0.25) is 0 Å². The molecular weight excluding hydrogens is 373 g/mol. The van der Waals surface area contributed by atoms with E-state index in [1.807, 2.05) is 0 Å². The molecular formula is C20H27FN7O+. The van der Waals surface area contributed by atoms with Gasteiger partial charge in [0.2, 0.25) is 5.95 Å². The van der Waals surface area contributed by atoms with Crippen LogP contribution in [0.15, 0.2) is 18.7 Å². The summed E-state index contributed by atoms with van der Waals surface area (Å²) in [5.41, 5.74) is -0.342. The second-order valence-corrected chi connectivity index (χ2v) is 8.47. The van der Waals surface area contributed by atoms with E-state index in [0.29, 0.717) is 28.6 Å². The van der Waals surface area contributed by atoms with Crippen molar-refractivity contribution in [2.45, 2.75) is 52.4 Å². The molecule has 1 fully saturated rings. The number of halogens is 1. The Bertz CT molecular complexity index is 920. The van der Waals surface area contributed by atoms with Crippen LogP contribution < -0.4 is 15.6 Å². The minimum Gasteiger partial charge on any atom is -0.396 e. The highest BCUT2D eigenvalue weighted by molar-refractivity contribution is 5.54. The highest BCUT2D eigenvalue weighted by atomic mass is 19.1. The summed E-state index contributed by atoms with van der Waals surface area (Å²) in [6.07, 6.45) is 5.40. The molecule has 2 atom stereocenters. The Hall–Kier alpha value is -2.86. The summed E-state index contributed by atoms with van der Waals surface area (Å²) >= 11 is 0. The number of hydrogen-bond acceptors (Lipinski definition) is 7. The van der Waals surface area contributed by atoms with E-state index in [1.54, 1.807) is 6.20 Å². The Balaban J connectivity index is 1.76. The number of aromatic amines is 1. The van der Waals surface area contributed by atoms with Crippen molar-refractivity contribution in [3.63, 3.8) is 0 Å². The molecule has 0 bridgehead atoms. The van der Waals surface area contributed by atoms with Crippen LogP contribution in [-0.2, 0) is 12.2 Å². The summed E-state index contributed by atoms with van der Waals surface area (Å²) in [7, 11) is 0. The SMILES string of the molecule is CC(C)(F)c1nc[nH+]cc1CNc1ncc(C#N)c(N[C@@H]2C[C@H](CO)C2(C)C)n1. The molecule has 0 amide bonds. The van der Waals surface area contributed by atoms with Gasteiger partial charge < -0.3 is 15.7 Å². The Morgan fingerprint density at radius 2 is 2.17 bits per heavy atom. The van der Waals surface area contributed by atoms with Crippen LogP contribution in [0, 0.1) is 22.7 Å². The summed E-state index contributed by atoms with van der Waals surface area (Å²) in [4.78, 5) is 15.6. The van der Waals surface area contributed by atoms with Gasteiger partial charge in [-0.1, -0.05) is 18.8 Å². The van der Waals surface area contributed by atoms with Gasteiger partial charge in [0, 0.05) is 12.6 Å². The smallest absolute Gasteiger partial charge is 0.284 e. The molecule has 4 N–H and O–H groups in total. The third-order valence-corrected chi connectivity index (χ3v) is 5.74. The van der Waals surface area contributed by atoms with Crippen molar-refractivity contribution in [1.29, 1.82) is 5.26 Å². The summed E-state index contributed by atoms with van der Waals surface area (Å²) in [5.74, 6) is 0.992. The second kappa shape index (κ2) is 7.87. The van der Waals surface area contributed by atoms with Crippen LogP contribution >= 0.6 is 0 Å². The van der Waals surface area contributed by atoms with Crippen LogP contribution in [0.4, 0.5) is 16.2 Å². The van der Waals surface area contributed by atoms with Crippen molar-refractivity contribution in [3.05, 3.63) is 35.5 Å². The highest BCUT2D eigenvalue weighted by Gasteiger charge is 2.47. The quantitative estimate of drug-likeness (QED) is 0.651. The zero-order chi connectivity index (χ0) is 21.2. The van der Waals surface area contributed by atoms with E-state index in [0.717, 1.165) is 6.42 Å². The second-order valence-electron chi connectivity index (χ2n) is 8.47. The predicted molar refractivity (Wildman–Crippen MR) is 105 cm³/mol. The fourth-order valence-electron chi connectivity index (χ4n) is 3.63. The standard InChI is InChI=1S/C20H26FN7O/c1-19(2)14(10-29)5-15(19)27-17-12(6-22)8-24-18(28-17)25-9-13-7-23-11-26-16(13)20(3,4)21/h7-8,11,14-15,29H,5,9-10H2,1-4H3,(H2,24,25,27,28)/p+1/t14-,15-/m1/s1. The minimum atomic E-state index is -1.58. The van der Waals surface area contributed by atoms with E-state index in [-0.39, 0.29) is 30.5 Å². The van der Waals surface area contributed by atoms with Crippen molar-refractivity contribution in [1.82, 2.24) is 15.0 Å². The van der Waals surface area contributed by atoms with Gasteiger partial charge in [0.25, 0.3) is 6.33 Å². The van der Waals surface area contributed by atoms with Gasteiger partial charge in [-0.15, -0.1) is 0 Å². The molecule has 2 aromatic heterocycles. The summed E-state index contributed by atoms with van der Waals surface area (Å²) in [6, 6.07) is 2.20. The lowest BCUT2D eigenvalue weighted by Crippen LogP contribution is -2.54. The first-order valence-electron chi connectivity index (χ1n) is 9.59. The molecule has 9 heteroatoms. The average molecular weight is 400 g/mol. The summed E-state index contributed by atoms with van der Waals surface area (Å²) in [5, 5.41) is 25.2. The predicted octanol–water partition coefficient (Wildman–Crippen LogP) is 2.19. The van der Waals surface area contributed by atoms with Crippen molar-refractivity contribution < 1.29 is 14.5 Å². The maximum absolute atomic E-state index is 14.4. The molecule has 3 rings (SSSR count). The molecule has 29 heavy (non-hydrogen) atoms. The summed E-state index contributed by atoms with van der Waals surface area (Å²) < 4.78 is 14.4. The Morgan fingerprint density at radius 3 is 2.79 bits per heavy atom. The lowest BCUT2D eigenvalue weighted by molar-refractivity contribution is -0.384. The minimum absolute atomic E-state index is 0.0985. The Morgan fingerprint density at radius 1 is 1.41 bits per heavy atom. The van der Waals surface area contributed by atoms with Gasteiger partial charge in [0.05, 0.1) is 24.5 Å². The monoisotopic (exact) mass is 400 g/mol. The maximum atomic E-state index is 14.4. The van der Waals surface area contributed by atoms with Crippen LogP contribution in [0.25, 0.3) is 0 Å². The molecule has 1 saturated carbocycles. The number of alkyl halides is 1. The van der Waals surface area contributed by atoms with Crippen molar-refractivity contribution in [3.8, 4) is 6.07 Å². The van der Waals surface area contributed by atoms with E-state index in [1.165, 1.54) is 26.4 Å². The number of hydrogen-bond donors (Lipinski definition) is 3. The molecule has 154 valence electrons. The number of nitrogens with one attached hydrogen (secondary N) is 3. The Labute approximate surface area is 169 Å². The lowest BCUT2D eigenvalue weighted by atomic mass is 9.59. The molecule has 1 aliphatic carbocycles. The van der Waals surface area contributed by atoms with E-state index < -0.39 is 5.67 Å². The zero-order valence-electron chi connectivity index (χ0n) is 17.1. The molecule has 0 radical (unpaired) electrons. The number of aromatic nitrogens is 4. The average Bonchev–Trinajstić information content (AvgIpc) is 2.68. The largest absolute Gasteiger partial charge is 0.396 e. The third-order valence-electron chi connectivity index (χ3n) is 5.74. The first-order chi connectivity index (χ1) is 13.7. The van der Waals surface area contributed by atoms with Gasteiger partial charge in [-0.05, 0) is 31.6 Å². The fourth-order valence-corrected chi connectivity index (χ4v) is 3.63. The molecule has 1 aliphatic rings. The first-order valence-corrected chi connectivity index (χ1v) is 9.59. The molecule has 2 heterocycles. The molecule has 0 spiro atoms. The lowest BCUT2D eigenvalue weighted by Gasteiger charge is -2.52. The van der Waals surface area contributed by atoms with Gasteiger partial charge in [-0.3, -0.25) is 4.98 Å². The van der Waals surface area contributed by atoms with Crippen molar-refractivity contribution in [2.75, 3.05) is 17.2 Å². The van der Waals surface area contributed by atoms with Gasteiger partial charge in [-0.2, -0.15) is 10.2 Å². The number of aliphatic hydroxyl groups excluding tert-OH is 1. The topological polar surface area (TPSA) is 121 Å². The van der Waals surface area contributed by atoms with E-state index in [4.69, 9.17) is 0 Å². The molecule has 0 saturated heterocycles. The molecule has 8 nitrogen and oxygen atoms in total. The van der Waals surface area contributed by atoms with Crippen LogP contribution in [-0.4, -0.2) is 32.7 Å². The van der Waals surface area contributed by atoms with E-state index in [2.05, 4.69) is 50.5 Å². The third kappa shape index (κ3) is 4.27. The van der Waals surface area contributed by atoms with Gasteiger partial charge in [0.15, 0.2) is 11.4 Å². The maximum Gasteiger partial charge on any atom is 0.284 e. The number of H-pyrrole nitrogens is 1. The molecule has 2 aromatic rings. The van der Waals surface area contributed by atoms with Gasteiger partial charge in [-0.25, -0.2) is 9.37 Å². The number of aliphatic hydroxyl groups is 1. The summed E-state index contributed by atoms with van der Waals surface area (Å²) in [6.45, 7) is 7.50. The number of rotatable bonds is 7. The van der Waals surface area contributed by atoms with Gasteiger partial charge >= 0.3 is 0 Å². The van der Waals surface area contributed by atoms with Gasteiger partial charge in [0.1, 0.15) is 17.5 Å². The highest BCUT2D eigenvalue weighted by Crippen LogP contribution is 2.47. The molecule has 0 unspecified atom stereocenters. The Kier molecular flexibility index (Phi) is 5.66. The van der Waals surface area contributed by atoms with Crippen LogP contribution in [0.5, 0.6) is 0 Å². The number of anilines is 2. The molecule has 0 aliphatic heterocycles.